The van der Waals surface area contributed by atoms with Gasteiger partial charge in [-0.25, -0.2) is 9.97 Å². The first-order valence-corrected chi connectivity index (χ1v) is 7.20. The highest BCUT2D eigenvalue weighted by Gasteiger charge is 2.13. The van der Waals surface area contributed by atoms with E-state index in [1.807, 2.05) is 12.3 Å². The maximum absolute atomic E-state index is 10.1. The molecule has 2 heterocycles. The largest absolute Gasteiger partial charge is 0.507 e. The number of aromatic hydroxyl groups is 1. The smallest absolute Gasteiger partial charge is 0.142 e. The van der Waals surface area contributed by atoms with Crippen LogP contribution < -0.4 is 0 Å². The molecule has 0 atom stereocenters. The summed E-state index contributed by atoms with van der Waals surface area (Å²) in [5, 5.41) is 22.9. The van der Waals surface area contributed by atoms with Crippen LogP contribution >= 0.6 is 22.9 Å². The van der Waals surface area contributed by atoms with Gasteiger partial charge >= 0.3 is 0 Å². The molecule has 6 heteroatoms. The first-order chi connectivity index (χ1) is 9.60. The fourth-order valence-electron chi connectivity index (χ4n) is 1.99. The highest BCUT2D eigenvalue weighted by molar-refractivity contribution is 7.13. The molecule has 0 aliphatic rings. The third-order valence-corrected chi connectivity index (χ3v) is 4.39. The van der Waals surface area contributed by atoms with Crippen molar-refractivity contribution in [2.75, 3.05) is 0 Å². The summed E-state index contributed by atoms with van der Waals surface area (Å²) in [5.41, 5.74) is 2.53. The number of aromatic nitrogens is 2. The Morgan fingerprint density at radius 2 is 2.10 bits per heavy atom. The highest BCUT2D eigenvalue weighted by atomic mass is 35.5. The lowest BCUT2D eigenvalue weighted by molar-refractivity contribution is 0.282. The molecule has 0 radical (unpaired) electrons. The zero-order chi connectivity index (χ0) is 14.3. The lowest BCUT2D eigenvalue weighted by Crippen LogP contribution is -1.91. The molecule has 1 aromatic carbocycles. The predicted octanol–water partition coefficient (Wildman–Crippen LogP) is 3.52. The monoisotopic (exact) mass is 306 g/mol. The lowest BCUT2D eigenvalue weighted by Gasteiger charge is -2.08. The molecule has 2 N–H and O–H groups in total. The topological polar surface area (TPSA) is 66.2 Å². The van der Waals surface area contributed by atoms with Crippen LogP contribution in [0.2, 0.25) is 5.02 Å². The number of nitrogens with zero attached hydrogens (tertiary/aromatic N) is 2. The number of aliphatic hydroxyl groups is 1. The van der Waals surface area contributed by atoms with Gasteiger partial charge in [-0.3, -0.25) is 0 Å². The Kier molecular flexibility index (Phi) is 3.33. The maximum atomic E-state index is 10.1. The van der Waals surface area contributed by atoms with Gasteiger partial charge in [-0.15, -0.1) is 11.3 Å². The van der Waals surface area contributed by atoms with Gasteiger partial charge in [-0.2, -0.15) is 0 Å². The number of halogens is 1. The number of fused-ring (bicyclic) bond motifs is 1. The quantitative estimate of drug-likeness (QED) is 0.760. The summed E-state index contributed by atoms with van der Waals surface area (Å²) < 4.78 is 0. The summed E-state index contributed by atoms with van der Waals surface area (Å²) in [7, 11) is 0. The van der Waals surface area contributed by atoms with Crippen LogP contribution in [0.3, 0.4) is 0 Å². The van der Waals surface area contributed by atoms with Crippen molar-refractivity contribution in [2.24, 2.45) is 0 Å². The van der Waals surface area contributed by atoms with E-state index in [0.29, 0.717) is 27.2 Å². The van der Waals surface area contributed by atoms with Crippen LogP contribution in [-0.2, 0) is 6.61 Å². The van der Waals surface area contributed by atoms with Crippen molar-refractivity contribution in [3.63, 3.8) is 0 Å². The van der Waals surface area contributed by atoms with Gasteiger partial charge in [0.05, 0.1) is 17.1 Å². The molecule has 0 fully saturated rings. The molecular formula is C14H11ClN2O2S. The average Bonchev–Trinajstić information content (AvgIpc) is 2.86. The second-order valence-electron chi connectivity index (χ2n) is 4.41. The normalized spacial score (nSPS) is 11.2. The molecule has 0 bridgehead atoms. The van der Waals surface area contributed by atoms with Crippen molar-refractivity contribution < 1.29 is 10.2 Å². The summed E-state index contributed by atoms with van der Waals surface area (Å²) in [5.74, 6) is 0.101. The first kappa shape index (κ1) is 13.3. The van der Waals surface area contributed by atoms with Crippen molar-refractivity contribution in [1.82, 2.24) is 9.97 Å². The Balaban J connectivity index is 2.29. The van der Waals surface area contributed by atoms with E-state index in [0.717, 1.165) is 10.7 Å². The summed E-state index contributed by atoms with van der Waals surface area (Å²) in [4.78, 5) is 8.83. The van der Waals surface area contributed by atoms with Crippen LogP contribution in [0.25, 0.3) is 21.6 Å². The molecule has 2 aromatic heterocycles. The molecule has 0 spiro atoms. The van der Waals surface area contributed by atoms with Gasteiger partial charge < -0.3 is 10.2 Å². The third-order valence-electron chi connectivity index (χ3n) is 2.99. The Hall–Kier alpha value is -1.69. The van der Waals surface area contributed by atoms with Gasteiger partial charge in [0.1, 0.15) is 16.5 Å². The maximum Gasteiger partial charge on any atom is 0.142 e. The van der Waals surface area contributed by atoms with Crippen molar-refractivity contribution in [3.8, 4) is 16.5 Å². The molecule has 102 valence electrons. The van der Waals surface area contributed by atoms with Gasteiger partial charge in [-0.1, -0.05) is 17.7 Å². The van der Waals surface area contributed by atoms with E-state index in [2.05, 4.69) is 9.97 Å². The third kappa shape index (κ3) is 2.14. The van der Waals surface area contributed by atoms with E-state index in [9.17, 15) is 10.2 Å². The molecule has 3 rings (SSSR count). The zero-order valence-corrected chi connectivity index (χ0v) is 12.2. The minimum Gasteiger partial charge on any atom is -0.507 e. The van der Waals surface area contributed by atoms with Crippen LogP contribution in [0.5, 0.6) is 5.75 Å². The number of hydrogen-bond acceptors (Lipinski definition) is 5. The number of rotatable bonds is 2. The standard InChI is InChI=1S/C14H11ClN2O2S/c1-7-6-20-14(16-7)10-4-11(19)9-3-2-8(5-18)12(15)13(9)17-10/h2-4,6,18H,5H2,1H3,(H,17,19). The molecule has 0 aliphatic carbocycles. The molecule has 20 heavy (non-hydrogen) atoms. The molecule has 4 nitrogen and oxygen atoms in total. The minimum absolute atomic E-state index is 0.101. The van der Waals surface area contributed by atoms with Gasteiger partial charge in [0.25, 0.3) is 0 Å². The Morgan fingerprint density at radius 1 is 1.30 bits per heavy atom. The van der Waals surface area contributed by atoms with Crippen molar-refractivity contribution >= 4 is 33.8 Å². The SMILES string of the molecule is Cc1csc(-c2cc(O)c3ccc(CO)c(Cl)c3n2)n1. The van der Waals surface area contributed by atoms with E-state index in [-0.39, 0.29) is 12.4 Å². The summed E-state index contributed by atoms with van der Waals surface area (Å²) in [6.07, 6.45) is 0. The van der Waals surface area contributed by atoms with Gasteiger partial charge in [-0.05, 0) is 18.6 Å². The van der Waals surface area contributed by atoms with Crippen LogP contribution in [0, 0.1) is 6.92 Å². The van der Waals surface area contributed by atoms with Crippen molar-refractivity contribution in [3.05, 3.63) is 39.9 Å². The molecule has 0 unspecified atom stereocenters. The average molecular weight is 307 g/mol. The van der Waals surface area contributed by atoms with E-state index in [1.165, 1.54) is 11.3 Å². The van der Waals surface area contributed by atoms with Crippen LogP contribution in [0.15, 0.2) is 23.6 Å². The van der Waals surface area contributed by atoms with Gasteiger partial charge in [0.2, 0.25) is 0 Å². The number of benzene rings is 1. The number of aliphatic hydroxyl groups excluding tert-OH is 1. The lowest BCUT2D eigenvalue weighted by atomic mass is 10.1. The summed E-state index contributed by atoms with van der Waals surface area (Å²) in [6, 6.07) is 4.96. The van der Waals surface area contributed by atoms with Crippen LogP contribution in [0.4, 0.5) is 0 Å². The predicted molar refractivity (Wildman–Crippen MR) is 80.2 cm³/mol. The molecule has 0 amide bonds. The van der Waals surface area contributed by atoms with Gasteiger partial charge in [0.15, 0.2) is 0 Å². The molecule has 0 aliphatic heterocycles. The highest BCUT2D eigenvalue weighted by Crippen LogP contribution is 2.35. The fraction of sp³-hybridized carbons (Fsp3) is 0.143. The minimum atomic E-state index is -0.169. The second-order valence-corrected chi connectivity index (χ2v) is 5.65. The van der Waals surface area contributed by atoms with Gasteiger partial charge in [0, 0.05) is 22.5 Å². The van der Waals surface area contributed by atoms with Crippen molar-refractivity contribution in [1.29, 1.82) is 0 Å². The van der Waals surface area contributed by atoms with Crippen LogP contribution in [-0.4, -0.2) is 20.2 Å². The fourth-order valence-corrected chi connectivity index (χ4v) is 3.01. The second kappa shape index (κ2) is 5.01. The first-order valence-electron chi connectivity index (χ1n) is 5.94. The molecular weight excluding hydrogens is 296 g/mol. The summed E-state index contributed by atoms with van der Waals surface area (Å²) >= 11 is 7.69. The molecule has 0 saturated carbocycles. The Labute approximate surface area is 124 Å². The molecule has 3 aromatic rings. The van der Waals surface area contributed by atoms with E-state index >= 15 is 0 Å². The number of aryl methyl sites for hydroxylation is 1. The number of hydrogen-bond donors (Lipinski definition) is 2. The Morgan fingerprint density at radius 3 is 2.75 bits per heavy atom. The molecule has 0 saturated heterocycles. The number of thiazole rings is 1. The van der Waals surface area contributed by atoms with Crippen LogP contribution in [0.1, 0.15) is 11.3 Å². The van der Waals surface area contributed by atoms with E-state index in [1.54, 1.807) is 18.2 Å². The Bertz CT molecular complexity index is 801. The zero-order valence-electron chi connectivity index (χ0n) is 10.6. The van der Waals surface area contributed by atoms with E-state index in [4.69, 9.17) is 11.6 Å². The summed E-state index contributed by atoms with van der Waals surface area (Å²) in [6.45, 7) is 1.73. The van der Waals surface area contributed by atoms with E-state index < -0.39 is 0 Å². The van der Waals surface area contributed by atoms with Crippen molar-refractivity contribution in [2.45, 2.75) is 13.5 Å². The number of pyridine rings is 1.